The summed E-state index contributed by atoms with van der Waals surface area (Å²) < 4.78 is 5.29. The van der Waals surface area contributed by atoms with Gasteiger partial charge in [0.1, 0.15) is 0 Å². The maximum absolute atomic E-state index is 10.1. The number of aromatic nitrogens is 2. The van der Waals surface area contributed by atoms with E-state index in [0.29, 0.717) is 24.2 Å². The lowest BCUT2D eigenvalue weighted by Gasteiger charge is -2.46. The molecule has 0 spiro atoms. The second-order valence-electron chi connectivity index (χ2n) is 4.74. The molecule has 15 heavy (non-hydrogen) atoms. The smallest absolute Gasteiger partial charge is 0.230 e. The van der Waals surface area contributed by atoms with E-state index < -0.39 is 5.60 Å². The van der Waals surface area contributed by atoms with Crippen LogP contribution in [0.3, 0.4) is 0 Å². The minimum atomic E-state index is -0.422. The summed E-state index contributed by atoms with van der Waals surface area (Å²) in [5.74, 6) is 1.78. The van der Waals surface area contributed by atoms with E-state index in [9.17, 15) is 5.11 Å². The van der Waals surface area contributed by atoms with Gasteiger partial charge in [-0.1, -0.05) is 0 Å². The van der Waals surface area contributed by atoms with E-state index in [2.05, 4.69) is 15.1 Å². The van der Waals surface area contributed by atoms with E-state index in [1.165, 1.54) is 12.8 Å². The highest BCUT2D eigenvalue weighted by Gasteiger charge is 2.51. The molecule has 1 aliphatic carbocycles. The first-order chi connectivity index (χ1) is 7.16. The summed E-state index contributed by atoms with van der Waals surface area (Å²) in [5.41, 5.74) is -0.422. The Kier molecular flexibility index (Phi) is 1.87. The fourth-order valence-corrected chi connectivity index (χ4v) is 2.31. The Bertz CT molecular complexity index is 366. The zero-order valence-electron chi connectivity index (χ0n) is 8.81. The van der Waals surface area contributed by atoms with Crippen LogP contribution in [-0.2, 0) is 6.54 Å². The van der Waals surface area contributed by atoms with Gasteiger partial charge in [0, 0.05) is 20.0 Å². The van der Waals surface area contributed by atoms with Gasteiger partial charge in [0.25, 0.3) is 0 Å². The van der Waals surface area contributed by atoms with Crippen LogP contribution in [0.2, 0.25) is 0 Å². The second-order valence-corrected chi connectivity index (χ2v) is 4.74. The fraction of sp³-hybridized carbons (Fsp3) is 0.800. The molecule has 5 heteroatoms. The third kappa shape index (κ3) is 1.66. The van der Waals surface area contributed by atoms with E-state index in [1.807, 2.05) is 0 Å². The van der Waals surface area contributed by atoms with Crippen molar-refractivity contribution in [2.45, 2.75) is 31.9 Å². The van der Waals surface area contributed by atoms with Gasteiger partial charge in [-0.25, -0.2) is 0 Å². The largest absolute Gasteiger partial charge is 0.424 e. The molecule has 1 aliphatic heterocycles. The minimum absolute atomic E-state index is 0.422. The van der Waals surface area contributed by atoms with Crippen molar-refractivity contribution in [1.82, 2.24) is 15.1 Å². The summed E-state index contributed by atoms with van der Waals surface area (Å²) in [4.78, 5) is 2.14. The second kappa shape index (κ2) is 3.02. The van der Waals surface area contributed by atoms with Gasteiger partial charge in [-0.15, -0.1) is 10.2 Å². The molecule has 2 fully saturated rings. The van der Waals surface area contributed by atoms with Gasteiger partial charge in [0.05, 0.1) is 12.1 Å². The molecule has 0 bridgehead atoms. The summed E-state index contributed by atoms with van der Waals surface area (Å²) >= 11 is 0. The average Bonchev–Trinajstić information content (AvgIpc) is 2.90. The van der Waals surface area contributed by atoms with Gasteiger partial charge < -0.3 is 9.52 Å². The summed E-state index contributed by atoms with van der Waals surface area (Å²) in [6.07, 6.45) is 2.37. The van der Waals surface area contributed by atoms with Crippen molar-refractivity contribution in [3.05, 3.63) is 11.8 Å². The molecule has 1 N–H and O–H groups in total. The number of hydrogen-bond donors (Lipinski definition) is 1. The molecule has 0 aromatic carbocycles. The number of aliphatic hydroxyl groups is 1. The van der Waals surface area contributed by atoms with Gasteiger partial charge in [-0.3, -0.25) is 4.90 Å². The third-order valence-electron chi connectivity index (χ3n) is 3.26. The molecular formula is C10H15N3O2. The molecule has 1 aromatic rings. The Balaban J connectivity index is 1.55. The zero-order chi connectivity index (χ0) is 10.5. The van der Waals surface area contributed by atoms with Gasteiger partial charge in [0.15, 0.2) is 0 Å². The highest BCUT2D eigenvalue weighted by molar-refractivity contribution is 5.05. The molecule has 0 amide bonds. The molecule has 1 saturated heterocycles. The Morgan fingerprint density at radius 1 is 1.47 bits per heavy atom. The van der Waals surface area contributed by atoms with E-state index in [4.69, 9.17) is 4.42 Å². The quantitative estimate of drug-likeness (QED) is 0.777. The molecule has 2 aliphatic rings. The lowest BCUT2D eigenvalue weighted by Crippen LogP contribution is -2.62. The highest BCUT2D eigenvalue weighted by Crippen LogP contribution is 2.44. The summed E-state index contributed by atoms with van der Waals surface area (Å²) in [7, 11) is 0. The number of hydrogen-bond acceptors (Lipinski definition) is 5. The normalized spacial score (nSPS) is 25.2. The topological polar surface area (TPSA) is 62.4 Å². The first kappa shape index (κ1) is 9.30. The molecule has 1 saturated carbocycles. The van der Waals surface area contributed by atoms with Crippen LogP contribution < -0.4 is 0 Å². The molecule has 82 valence electrons. The number of β-amino-alcohol motifs (C(OH)–C–C–N with tert-alkyl or cyclic N) is 1. The van der Waals surface area contributed by atoms with Crippen LogP contribution in [-0.4, -0.2) is 38.9 Å². The third-order valence-corrected chi connectivity index (χ3v) is 3.26. The van der Waals surface area contributed by atoms with Crippen molar-refractivity contribution in [3.63, 3.8) is 0 Å². The van der Waals surface area contributed by atoms with Crippen molar-refractivity contribution in [1.29, 1.82) is 0 Å². The van der Waals surface area contributed by atoms with Crippen molar-refractivity contribution < 1.29 is 9.52 Å². The van der Waals surface area contributed by atoms with Gasteiger partial charge in [-0.2, -0.15) is 0 Å². The first-order valence-corrected chi connectivity index (χ1v) is 5.39. The molecule has 0 atom stereocenters. The standard InChI is InChI=1S/C10H15N3O2/c1-7-11-12-9(15-7)4-13-5-10(14,6-13)8-2-3-8/h8,14H,2-6H2,1H3. The van der Waals surface area contributed by atoms with Gasteiger partial charge in [-0.05, 0) is 18.8 Å². The first-order valence-electron chi connectivity index (χ1n) is 5.39. The number of rotatable bonds is 3. The van der Waals surface area contributed by atoms with Crippen molar-refractivity contribution in [2.75, 3.05) is 13.1 Å². The molecule has 0 unspecified atom stereocenters. The Labute approximate surface area is 88.1 Å². The van der Waals surface area contributed by atoms with Crippen LogP contribution in [0.5, 0.6) is 0 Å². The highest BCUT2D eigenvalue weighted by atomic mass is 16.4. The summed E-state index contributed by atoms with van der Waals surface area (Å²) in [6, 6.07) is 0. The van der Waals surface area contributed by atoms with Crippen molar-refractivity contribution in [3.8, 4) is 0 Å². The molecule has 2 heterocycles. The van der Waals surface area contributed by atoms with Crippen molar-refractivity contribution in [2.24, 2.45) is 5.92 Å². The van der Waals surface area contributed by atoms with Crippen LogP contribution in [0.1, 0.15) is 24.6 Å². The summed E-state index contributed by atoms with van der Waals surface area (Å²) in [5, 5.41) is 17.8. The number of aryl methyl sites for hydroxylation is 1. The van der Waals surface area contributed by atoms with E-state index in [1.54, 1.807) is 6.92 Å². The Hall–Kier alpha value is -0.940. The van der Waals surface area contributed by atoms with E-state index in [-0.39, 0.29) is 0 Å². The predicted molar refractivity (Wildman–Crippen MR) is 52.0 cm³/mol. The monoisotopic (exact) mass is 209 g/mol. The SMILES string of the molecule is Cc1nnc(CN2CC(O)(C3CC3)C2)o1. The van der Waals surface area contributed by atoms with Gasteiger partial charge >= 0.3 is 0 Å². The molecule has 1 aromatic heterocycles. The van der Waals surface area contributed by atoms with E-state index >= 15 is 0 Å². The lowest BCUT2D eigenvalue weighted by molar-refractivity contribution is -0.118. The lowest BCUT2D eigenvalue weighted by atomic mass is 9.89. The maximum atomic E-state index is 10.1. The maximum Gasteiger partial charge on any atom is 0.230 e. The molecule has 3 rings (SSSR count). The summed E-state index contributed by atoms with van der Waals surface area (Å²) in [6.45, 7) is 3.95. The zero-order valence-corrected chi connectivity index (χ0v) is 8.81. The fourth-order valence-electron chi connectivity index (χ4n) is 2.31. The van der Waals surface area contributed by atoms with Crippen LogP contribution in [0.15, 0.2) is 4.42 Å². The molecular weight excluding hydrogens is 194 g/mol. The van der Waals surface area contributed by atoms with Crippen LogP contribution in [0, 0.1) is 12.8 Å². The van der Waals surface area contributed by atoms with Gasteiger partial charge in [0.2, 0.25) is 11.8 Å². The predicted octanol–water partition coefficient (Wildman–Crippen LogP) is 0.335. The minimum Gasteiger partial charge on any atom is -0.424 e. The van der Waals surface area contributed by atoms with Crippen LogP contribution in [0.4, 0.5) is 0 Å². The molecule has 5 nitrogen and oxygen atoms in total. The number of likely N-dealkylation sites (tertiary alicyclic amines) is 1. The van der Waals surface area contributed by atoms with Crippen LogP contribution in [0.25, 0.3) is 0 Å². The average molecular weight is 209 g/mol. The Morgan fingerprint density at radius 3 is 2.73 bits per heavy atom. The van der Waals surface area contributed by atoms with Crippen molar-refractivity contribution >= 4 is 0 Å². The van der Waals surface area contributed by atoms with Crippen LogP contribution >= 0.6 is 0 Å². The molecule has 0 radical (unpaired) electrons. The Morgan fingerprint density at radius 2 is 2.20 bits per heavy atom. The van der Waals surface area contributed by atoms with E-state index in [0.717, 1.165) is 13.1 Å². The number of nitrogens with zero attached hydrogens (tertiary/aromatic N) is 3.